The van der Waals surface area contributed by atoms with Crippen LogP contribution in [-0.2, 0) is 65.4 Å². The largest absolute Gasteiger partial charge is 0.472 e. The van der Waals surface area contributed by atoms with Gasteiger partial charge in [0.15, 0.2) is 12.2 Å². The Morgan fingerprint density at radius 2 is 0.495 bits per heavy atom. The maximum atomic E-state index is 13.1. The van der Waals surface area contributed by atoms with Crippen LogP contribution in [0, 0.1) is 23.7 Å². The van der Waals surface area contributed by atoms with Crippen LogP contribution in [0.2, 0.25) is 0 Å². The minimum Gasteiger partial charge on any atom is -0.462 e. The van der Waals surface area contributed by atoms with E-state index in [1.807, 2.05) is 0 Å². The smallest absolute Gasteiger partial charge is 0.462 e. The second-order valence-corrected chi connectivity index (χ2v) is 32.2. The summed E-state index contributed by atoms with van der Waals surface area (Å²) in [5, 5.41) is 10.6. The Morgan fingerprint density at radius 3 is 0.732 bits per heavy atom. The molecule has 0 spiro atoms. The number of ether oxygens (including phenoxy) is 4. The van der Waals surface area contributed by atoms with Crippen molar-refractivity contribution in [2.24, 2.45) is 23.7 Å². The van der Waals surface area contributed by atoms with Crippen LogP contribution in [0.25, 0.3) is 0 Å². The van der Waals surface area contributed by atoms with Crippen LogP contribution in [0.1, 0.15) is 396 Å². The van der Waals surface area contributed by atoms with Crippen LogP contribution >= 0.6 is 15.6 Å². The molecule has 0 rings (SSSR count). The number of hydrogen-bond donors (Lipinski definition) is 3. The molecule has 0 bridgehead atoms. The van der Waals surface area contributed by atoms with Gasteiger partial charge < -0.3 is 33.8 Å². The van der Waals surface area contributed by atoms with E-state index in [4.69, 9.17) is 37.0 Å². The lowest BCUT2D eigenvalue weighted by Gasteiger charge is -2.21. The van der Waals surface area contributed by atoms with E-state index in [2.05, 4.69) is 55.4 Å². The minimum atomic E-state index is -4.96. The van der Waals surface area contributed by atoms with Crippen LogP contribution in [0.3, 0.4) is 0 Å². The van der Waals surface area contributed by atoms with E-state index in [1.165, 1.54) is 193 Å². The van der Waals surface area contributed by atoms with Crippen LogP contribution in [0.15, 0.2) is 0 Å². The number of phosphoric ester groups is 2. The average Bonchev–Trinajstić information content (AvgIpc) is 1.44. The molecule has 0 aliphatic heterocycles. The van der Waals surface area contributed by atoms with Gasteiger partial charge in [0.2, 0.25) is 0 Å². The Balaban J connectivity index is 5.20. The number of unbranched alkanes of at least 4 members (excludes halogenated alkanes) is 38. The summed E-state index contributed by atoms with van der Waals surface area (Å²) in [7, 11) is -9.91. The highest BCUT2D eigenvalue weighted by Gasteiger charge is 2.30. The minimum absolute atomic E-state index is 0.104. The normalized spacial score (nSPS) is 14.9. The molecule has 576 valence electrons. The van der Waals surface area contributed by atoms with Gasteiger partial charge in [-0.1, -0.05) is 344 Å². The number of phosphoric acid groups is 2. The Bertz CT molecular complexity index is 1910. The van der Waals surface area contributed by atoms with Gasteiger partial charge >= 0.3 is 39.5 Å². The van der Waals surface area contributed by atoms with Gasteiger partial charge in [0.1, 0.15) is 19.3 Å². The lowest BCUT2D eigenvalue weighted by atomic mass is 9.99. The average molecular weight is 1420 g/mol. The molecule has 0 heterocycles. The van der Waals surface area contributed by atoms with Crippen LogP contribution in [-0.4, -0.2) is 96.7 Å². The summed E-state index contributed by atoms with van der Waals surface area (Å²) in [5.74, 6) is 1.01. The molecule has 0 aliphatic rings. The van der Waals surface area contributed by atoms with Crippen molar-refractivity contribution in [3.8, 4) is 0 Å². The predicted molar refractivity (Wildman–Crippen MR) is 395 cm³/mol. The van der Waals surface area contributed by atoms with Crippen LogP contribution in [0.4, 0.5) is 0 Å². The molecular weight excluding hydrogens is 1270 g/mol. The van der Waals surface area contributed by atoms with Gasteiger partial charge in [-0.25, -0.2) is 9.13 Å². The Morgan fingerprint density at radius 1 is 0.289 bits per heavy atom. The molecule has 5 unspecified atom stereocenters. The summed E-state index contributed by atoms with van der Waals surface area (Å²) in [5.41, 5.74) is 0. The molecule has 97 heavy (non-hydrogen) atoms. The molecule has 0 aliphatic carbocycles. The number of carbonyl (C=O) groups excluding carboxylic acids is 4. The van der Waals surface area contributed by atoms with Crippen molar-refractivity contribution in [3.63, 3.8) is 0 Å². The standard InChI is InChI=1S/C78H152O17P2/c1-9-69(6)55-47-39-30-24-20-18-16-14-12-13-15-17-19-21-27-34-44-52-60-77(82)94-73(64-88-75(80)58-50-42-33-26-23-22-25-31-40-48-56-70(7)10-2)66-92-96(84,85)90-62-72(79)63-91-97(86,87)93-67-74(65-89-76(81)59-51-43-37-36-38-46-54-68(4)5)95-78(83)61-53-45-35-29-28-32-41-49-57-71(8)11-3/h68-74,79H,9-67H2,1-8H3,(H,84,85)(H,86,87)/t69?,70?,71?,72-,73-,74-/m1/s1. The van der Waals surface area contributed by atoms with Crippen molar-refractivity contribution in [2.45, 2.75) is 414 Å². The first-order valence-corrected chi connectivity index (χ1v) is 43.3. The molecule has 0 fully saturated rings. The highest BCUT2D eigenvalue weighted by atomic mass is 31.2. The Hall–Kier alpha value is -1.94. The van der Waals surface area contributed by atoms with Gasteiger partial charge in [0, 0.05) is 25.7 Å². The number of carbonyl (C=O) groups is 4. The zero-order valence-electron chi connectivity index (χ0n) is 63.7. The molecule has 17 nitrogen and oxygen atoms in total. The van der Waals surface area contributed by atoms with E-state index in [0.717, 1.165) is 114 Å². The van der Waals surface area contributed by atoms with Crippen molar-refractivity contribution in [1.29, 1.82) is 0 Å². The van der Waals surface area contributed by atoms with E-state index in [-0.39, 0.29) is 25.7 Å². The first-order chi connectivity index (χ1) is 46.7. The fourth-order valence-corrected chi connectivity index (χ4v) is 13.4. The van der Waals surface area contributed by atoms with Crippen molar-refractivity contribution >= 4 is 39.5 Å². The molecule has 0 aromatic heterocycles. The Kier molecular flexibility index (Phi) is 65.9. The third-order valence-electron chi connectivity index (χ3n) is 19.2. The molecule has 0 saturated carbocycles. The highest BCUT2D eigenvalue weighted by molar-refractivity contribution is 7.47. The number of aliphatic hydroxyl groups is 1. The third kappa shape index (κ3) is 68.3. The maximum Gasteiger partial charge on any atom is 0.472 e. The lowest BCUT2D eigenvalue weighted by Crippen LogP contribution is -2.30. The molecule has 0 aromatic carbocycles. The topological polar surface area (TPSA) is 237 Å². The lowest BCUT2D eigenvalue weighted by molar-refractivity contribution is -0.161. The molecule has 3 N–H and O–H groups in total. The zero-order chi connectivity index (χ0) is 71.7. The molecule has 19 heteroatoms. The summed E-state index contributed by atoms with van der Waals surface area (Å²) in [6.07, 6.45) is 52.8. The fraction of sp³-hybridized carbons (Fsp3) is 0.949. The van der Waals surface area contributed by atoms with E-state index < -0.39 is 97.5 Å². The second-order valence-electron chi connectivity index (χ2n) is 29.3. The first kappa shape index (κ1) is 95.1. The Labute approximate surface area is 594 Å². The van der Waals surface area contributed by atoms with Crippen molar-refractivity contribution in [1.82, 2.24) is 0 Å². The van der Waals surface area contributed by atoms with Gasteiger partial charge in [-0.2, -0.15) is 0 Å². The zero-order valence-corrected chi connectivity index (χ0v) is 65.5. The van der Waals surface area contributed by atoms with E-state index >= 15 is 0 Å². The molecule has 0 amide bonds. The quantitative estimate of drug-likeness (QED) is 0.0222. The van der Waals surface area contributed by atoms with Gasteiger partial charge in [-0.05, 0) is 49.4 Å². The van der Waals surface area contributed by atoms with E-state index in [9.17, 15) is 43.2 Å². The van der Waals surface area contributed by atoms with Gasteiger partial charge in [-0.3, -0.25) is 37.3 Å². The number of aliphatic hydroxyl groups excluding tert-OH is 1. The monoisotopic (exact) mass is 1420 g/mol. The second kappa shape index (κ2) is 67.2. The predicted octanol–water partition coefficient (Wildman–Crippen LogP) is 22.8. The van der Waals surface area contributed by atoms with Crippen LogP contribution in [0.5, 0.6) is 0 Å². The summed E-state index contributed by atoms with van der Waals surface area (Å²) in [4.78, 5) is 72.8. The maximum absolute atomic E-state index is 13.1. The molecule has 0 radical (unpaired) electrons. The third-order valence-corrected chi connectivity index (χ3v) is 21.1. The first-order valence-electron chi connectivity index (χ1n) is 40.3. The fourth-order valence-electron chi connectivity index (χ4n) is 11.8. The molecule has 8 atom stereocenters. The van der Waals surface area contributed by atoms with Crippen LogP contribution < -0.4 is 0 Å². The van der Waals surface area contributed by atoms with Crippen molar-refractivity contribution in [2.75, 3.05) is 39.6 Å². The molecule has 0 saturated heterocycles. The van der Waals surface area contributed by atoms with E-state index in [1.54, 1.807) is 0 Å². The van der Waals surface area contributed by atoms with Gasteiger partial charge in [0.05, 0.1) is 26.4 Å². The number of hydrogen-bond acceptors (Lipinski definition) is 15. The summed E-state index contributed by atoms with van der Waals surface area (Å²) >= 11 is 0. The highest BCUT2D eigenvalue weighted by Crippen LogP contribution is 2.45. The molecular formula is C78H152O17P2. The number of esters is 4. The summed E-state index contributed by atoms with van der Waals surface area (Å²) in [6, 6.07) is 0. The SMILES string of the molecule is CCC(C)CCCCCCCCCCCCCCCCCCCCC(=O)O[C@H](COC(=O)CCCCCCCCCCCCC(C)CC)COP(=O)(O)OC[C@@H](O)COP(=O)(O)OC[C@@H](COC(=O)CCCCCCCCC(C)C)OC(=O)CCCCCCCCCCC(C)CC. The van der Waals surface area contributed by atoms with E-state index in [0.29, 0.717) is 31.6 Å². The summed E-state index contributed by atoms with van der Waals surface area (Å²) in [6.45, 7) is 14.2. The van der Waals surface area contributed by atoms with Crippen molar-refractivity contribution < 1.29 is 80.2 Å². The molecule has 0 aromatic rings. The summed E-state index contributed by atoms with van der Waals surface area (Å²) < 4.78 is 68.5. The van der Waals surface area contributed by atoms with Crippen molar-refractivity contribution in [3.05, 3.63) is 0 Å². The van der Waals surface area contributed by atoms with Gasteiger partial charge in [0.25, 0.3) is 0 Å². The number of rotatable bonds is 75. The van der Waals surface area contributed by atoms with Gasteiger partial charge in [-0.15, -0.1) is 0 Å².